The quantitative estimate of drug-likeness (QED) is 0.528. The highest BCUT2D eigenvalue weighted by atomic mass is 32.2. The van der Waals surface area contributed by atoms with E-state index in [2.05, 4.69) is 5.32 Å². The Kier molecular flexibility index (Phi) is 6.65. The first kappa shape index (κ1) is 23.4. The number of sulfonamides is 1. The second-order valence-corrected chi connectivity index (χ2v) is 9.83. The average molecular weight is 483 g/mol. The minimum atomic E-state index is -4.05. The van der Waals surface area contributed by atoms with Crippen molar-refractivity contribution in [3.8, 4) is 17.2 Å². The number of fused-ring (bicyclic) bond motifs is 1. The normalized spacial score (nSPS) is 12.3. The predicted molar refractivity (Wildman–Crippen MR) is 128 cm³/mol. The molecule has 0 aromatic heterocycles. The van der Waals surface area contributed by atoms with Gasteiger partial charge in [-0.25, -0.2) is 8.42 Å². The molecule has 3 aromatic rings. The standard InChI is InChI=1S/C25H26N2O6S/c1-17-4-8-20(9-5-17)34(29,30)27(21-12-18(2)6-10-22(21)31-3)15-25(28)26-14-19-7-11-23-24(13-19)33-16-32-23/h4-13H,14-16H2,1-3H3,(H,26,28). The molecule has 0 bridgehead atoms. The molecule has 1 aliphatic rings. The van der Waals surface area contributed by atoms with Crippen LogP contribution in [-0.2, 0) is 21.4 Å². The van der Waals surface area contributed by atoms with E-state index in [-0.39, 0.29) is 18.2 Å². The van der Waals surface area contributed by atoms with Gasteiger partial charge in [0.2, 0.25) is 12.7 Å². The number of carbonyl (C=O) groups is 1. The zero-order valence-electron chi connectivity index (χ0n) is 19.2. The van der Waals surface area contributed by atoms with E-state index in [1.54, 1.807) is 36.4 Å². The molecule has 0 aliphatic carbocycles. The minimum absolute atomic E-state index is 0.0882. The number of methoxy groups -OCH3 is 1. The van der Waals surface area contributed by atoms with Crippen molar-refractivity contribution in [2.24, 2.45) is 0 Å². The summed E-state index contributed by atoms with van der Waals surface area (Å²) in [4.78, 5) is 13.0. The van der Waals surface area contributed by atoms with Crippen LogP contribution in [0.25, 0.3) is 0 Å². The van der Waals surface area contributed by atoms with Gasteiger partial charge in [-0.2, -0.15) is 0 Å². The lowest BCUT2D eigenvalue weighted by atomic mass is 10.2. The number of nitrogens with zero attached hydrogens (tertiary/aromatic N) is 1. The SMILES string of the molecule is COc1ccc(C)cc1N(CC(=O)NCc1ccc2c(c1)OCO2)S(=O)(=O)c1ccc(C)cc1. The molecule has 0 atom stereocenters. The molecule has 3 aromatic carbocycles. The summed E-state index contributed by atoms with van der Waals surface area (Å²) >= 11 is 0. The lowest BCUT2D eigenvalue weighted by molar-refractivity contribution is -0.119. The van der Waals surface area contributed by atoms with Crippen molar-refractivity contribution < 1.29 is 27.4 Å². The van der Waals surface area contributed by atoms with Gasteiger partial charge in [-0.3, -0.25) is 9.10 Å². The molecule has 0 spiro atoms. The fraction of sp³-hybridized carbons (Fsp3) is 0.240. The summed E-state index contributed by atoms with van der Waals surface area (Å²) in [5, 5.41) is 2.79. The van der Waals surface area contributed by atoms with Gasteiger partial charge < -0.3 is 19.5 Å². The average Bonchev–Trinajstić information content (AvgIpc) is 3.29. The minimum Gasteiger partial charge on any atom is -0.495 e. The Labute approximate surface area is 199 Å². The fourth-order valence-electron chi connectivity index (χ4n) is 3.57. The smallest absolute Gasteiger partial charge is 0.264 e. The van der Waals surface area contributed by atoms with Gasteiger partial charge in [0, 0.05) is 6.54 Å². The van der Waals surface area contributed by atoms with Gasteiger partial charge in [-0.1, -0.05) is 29.8 Å². The number of ether oxygens (including phenoxy) is 3. The van der Waals surface area contributed by atoms with Crippen LogP contribution in [-0.4, -0.2) is 34.8 Å². The molecule has 4 rings (SSSR count). The molecule has 0 saturated heterocycles. The number of amides is 1. The summed E-state index contributed by atoms with van der Waals surface area (Å²) in [7, 11) is -2.59. The first-order valence-corrected chi connectivity index (χ1v) is 12.1. The van der Waals surface area contributed by atoms with E-state index in [4.69, 9.17) is 14.2 Å². The van der Waals surface area contributed by atoms with Crippen LogP contribution in [0, 0.1) is 13.8 Å². The highest BCUT2D eigenvalue weighted by molar-refractivity contribution is 7.92. The van der Waals surface area contributed by atoms with Crippen molar-refractivity contribution in [1.29, 1.82) is 0 Å². The van der Waals surface area contributed by atoms with Crippen molar-refractivity contribution >= 4 is 21.6 Å². The summed E-state index contributed by atoms with van der Waals surface area (Å²) in [6, 6.07) is 17.1. The van der Waals surface area contributed by atoms with Crippen LogP contribution >= 0.6 is 0 Å². The zero-order chi connectivity index (χ0) is 24.3. The van der Waals surface area contributed by atoms with Gasteiger partial charge in [-0.05, 0) is 61.4 Å². The summed E-state index contributed by atoms with van der Waals surface area (Å²) < 4.78 is 44.4. The van der Waals surface area contributed by atoms with Crippen molar-refractivity contribution in [1.82, 2.24) is 5.32 Å². The molecular weight excluding hydrogens is 456 g/mol. The highest BCUT2D eigenvalue weighted by Crippen LogP contribution is 2.34. The number of benzene rings is 3. The van der Waals surface area contributed by atoms with Crippen LogP contribution in [0.15, 0.2) is 65.6 Å². The summed E-state index contributed by atoms with van der Waals surface area (Å²) in [5.41, 5.74) is 2.86. The molecule has 1 aliphatic heterocycles. The topological polar surface area (TPSA) is 94.2 Å². The fourth-order valence-corrected chi connectivity index (χ4v) is 4.99. The zero-order valence-corrected chi connectivity index (χ0v) is 20.0. The van der Waals surface area contributed by atoms with Crippen LogP contribution in [0.2, 0.25) is 0 Å². The lowest BCUT2D eigenvalue weighted by Crippen LogP contribution is -2.41. The van der Waals surface area contributed by atoms with E-state index in [1.807, 2.05) is 26.0 Å². The Morgan fingerprint density at radius 1 is 0.971 bits per heavy atom. The first-order valence-electron chi connectivity index (χ1n) is 10.7. The maximum Gasteiger partial charge on any atom is 0.264 e. The van der Waals surface area contributed by atoms with E-state index in [0.29, 0.717) is 22.9 Å². The lowest BCUT2D eigenvalue weighted by Gasteiger charge is -2.26. The Hall–Kier alpha value is -3.72. The molecule has 1 amide bonds. The van der Waals surface area contributed by atoms with Crippen molar-refractivity contribution in [2.45, 2.75) is 25.3 Å². The van der Waals surface area contributed by atoms with E-state index in [0.717, 1.165) is 21.0 Å². The van der Waals surface area contributed by atoms with Crippen LogP contribution in [0.1, 0.15) is 16.7 Å². The summed E-state index contributed by atoms with van der Waals surface area (Å²) in [6.45, 7) is 3.68. The van der Waals surface area contributed by atoms with Crippen molar-refractivity contribution in [3.63, 3.8) is 0 Å². The van der Waals surface area contributed by atoms with E-state index >= 15 is 0 Å². The molecule has 0 fully saturated rings. The number of rotatable bonds is 8. The van der Waals surface area contributed by atoms with Crippen LogP contribution in [0.5, 0.6) is 17.2 Å². The molecule has 1 N–H and O–H groups in total. The maximum absolute atomic E-state index is 13.6. The summed E-state index contributed by atoms with van der Waals surface area (Å²) in [5.74, 6) is 1.15. The monoisotopic (exact) mass is 482 g/mol. The van der Waals surface area contributed by atoms with Crippen LogP contribution < -0.4 is 23.8 Å². The van der Waals surface area contributed by atoms with Crippen molar-refractivity contribution in [2.75, 3.05) is 24.8 Å². The second-order valence-electron chi connectivity index (χ2n) is 7.96. The van der Waals surface area contributed by atoms with Gasteiger partial charge in [0.05, 0.1) is 17.7 Å². The van der Waals surface area contributed by atoms with Crippen LogP contribution in [0.4, 0.5) is 5.69 Å². The van der Waals surface area contributed by atoms with Crippen molar-refractivity contribution in [3.05, 3.63) is 77.4 Å². The van der Waals surface area contributed by atoms with Gasteiger partial charge in [0.15, 0.2) is 11.5 Å². The highest BCUT2D eigenvalue weighted by Gasteiger charge is 2.29. The molecule has 9 heteroatoms. The van der Waals surface area contributed by atoms with E-state index in [9.17, 15) is 13.2 Å². The Morgan fingerprint density at radius 3 is 2.41 bits per heavy atom. The van der Waals surface area contributed by atoms with E-state index < -0.39 is 22.5 Å². The van der Waals surface area contributed by atoms with Gasteiger partial charge in [-0.15, -0.1) is 0 Å². The second kappa shape index (κ2) is 9.64. The molecule has 34 heavy (non-hydrogen) atoms. The van der Waals surface area contributed by atoms with Gasteiger partial charge in [0.1, 0.15) is 12.3 Å². The third-order valence-corrected chi connectivity index (χ3v) is 7.20. The van der Waals surface area contributed by atoms with Crippen LogP contribution in [0.3, 0.4) is 0 Å². The molecule has 0 radical (unpaired) electrons. The molecule has 8 nitrogen and oxygen atoms in total. The number of hydrogen-bond acceptors (Lipinski definition) is 6. The molecule has 0 saturated carbocycles. The Bertz CT molecular complexity index is 1310. The van der Waals surface area contributed by atoms with Gasteiger partial charge >= 0.3 is 0 Å². The number of aryl methyl sites for hydroxylation is 2. The maximum atomic E-state index is 13.6. The number of hydrogen-bond donors (Lipinski definition) is 1. The Balaban J connectivity index is 1.61. The first-order chi connectivity index (χ1) is 16.3. The molecule has 178 valence electrons. The largest absolute Gasteiger partial charge is 0.495 e. The predicted octanol–water partition coefficient (Wildman–Crippen LogP) is 3.55. The molecule has 1 heterocycles. The molecule has 0 unspecified atom stereocenters. The third kappa shape index (κ3) is 4.94. The number of carbonyl (C=O) groups excluding carboxylic acids is 1. The third-order valence-electron chi connectivity index (χ3n) is 5.43. The number of anilines is 1. The molecular formula is C25H26N2O6S. The van der Waals surface area contributed by atoms with Gasteiger partial charge in [0.25, 0.3) is 10.0 Å². The summed E-state index contributed by atoms with van der Waals surface area (Å²) in [6.07, 6.45) is 0. The number of nitrogens with one attached hydrogen (secondary N) is 1. The van der Waals surface area contributed by atoms with E-state index in [1.165, 1.54) is 19.2 Å². The Morgan fingerprint density at radius 2 is 1.68 bits per heavy atom.